The molecule has 0 aliphatic rings. The quantitative estimate of drug-likeness (QED) is 0.614. The van der Waals surface area contributed by atoms with E-state index >= 15 is 0 Å². The van der Waals surface area contributed by atoms with Crippen LogP contribution in [-0.4, -0.2) is 12.7 Å². The zero-order valence-electron chi connectivity index (χ0n) is 9.25. The average Bonchev–Trinajstić information content (AvgIpc) is 2.21. The fraction of sp³-hybridized carbons (Fsp3) is 0.455. The van der Waals surface area contributed by atoms with Crippen LogP contribution < -0.4 is 11.3 Å². The van der Waals surface area contributed by atoms with Crippen molar-refractivity contribution in [3.63, 3.8) is 0 Å². The average molecular weight is 229 g/mol. The second kappa shape index (κ2) is 4.94. The van der Waals surface area contributed by atoms with Gasteiger partial charge in [-0.2, -0.15) is 0 Å². The van der Waals surface area contributed by atoms with Crippen molar-refractivity contribution in [2.75, 3.05) is 7.11 Å². The standard InChI is InChI=1S/C11H17ClN2O/c1-11(2,15-3)10(14-13)8-6-4-5-7-9(8)12/h4-7,10,14H,13H2,1-3H3. The van der Waals surface area contributed by atoms with Gasteiger partial charge in [-0.05, 0) is 25.5 Å². The maximum absolute atomic E-state index is 6.11. The molecule has 4 heteroatoms. The molecule has 0 radical (unpaired) electrons. The van der Waals surface area contributed by atoms with E-state index in [-0.39, 0.29) is 6.04 Å². The van der Waals surface area contributed by atoms with Crippen LogP contribution in [0, 0.1) is 0 Å². The van der Waals surface area contributed by atoms with Crippen LogP contribution in [0.15, 0.2) is 24.3 Å². The van der Waals surface area contributed by atoms with Crippen LogP contribution in [0.3, 0.4) is 0 Å². The van der Waals surface area contributed by atoms with Crippen LogP contribution in [-0.2, 0) is 4.74 Å². The summed E-state index contributed by atoms with van der Waals surface area (Å²) in [5, 5.41) is 0.686. The number of rotatable bonds is 4. The monoisotopic (exact) mass is 228 g/mol. The van der Waals surface area contributed by atoms with E-state index in [0.29, 0.717) is 5.02 Å². The first-order valence-electron chi connectivity index (χ1n) is 4.78. The van der Waals surface area contributed by atoms with Crippen molar-refractivity contribution in [3.05, 3.63) is 34.9 Å². The molecule has 0 aromatic heterocycles. The summed E-state index contributed by atoms with van der Waals surface area (Å²) in [4.78, 5) is 0. The number of ether oxygens (including phenoxy) is 1. The van der Waals surface area contributed by atoms with Crippen molar-refractivity contribution in [1.29, 1.82) is 0 Å². The van der Waals surface area contributed by atoms with E-state index in [1.807, 2.05) is 38.1 Å². The molecule has 0 heterocycles. The van der Waals surface area contributed by atoms with Gasteiger partial charge in [-0.1, -0.05) is 29.8 Å². The lowest BCUT2D eigenvalue weighted by atomic mass is 9.92. The summed E-state index contributed by atoms with van der Waals surface area (Å²) in [5.74, 6) is 5.55. The Morgan fingerprint density at radius 3 is 2.47 bits per heavy atom. The minimum absolute atomic E-state index is 0.142. The lowest BCUT2D eigenvalue weighted by Gasteiger charge is -2.33. The molecule has 0 saturated heterocycles. The highest BCUT2D eigenvalue weighted by Gasteiger charge is 2.30. The zero-order chi connectivity index (χ0) is 11.5. The number of hydrogen-bond donors (Lipinski definition) is 2. The van der Waals surface area contributed by atoms with E-state index in [4.69, 9.17) is 22.2 Å². The highest BCUT2D eigenvalue weighted by atomic mass is 35.5. The van der Waals surface area contributed by atoms with Gasteiger partial charge in [0.2, 0.25) is 0 Å². The van der Waals surface area contributed by atoms with E-state index in [1.54, 1.807) is 7.11 Å². The predicted octanol–water partition coefficient (Wildman–Crippen LogP) is 2.27. The topological polar surface area (TPSA) is 47.3 Å². The van der Waals surface area contributed by atoms with Gasteiger partial charge in [0, 0.05) is 12.1 Å². The molecule has 0 saturated carbocycles. The van der Waals surface area contributed by atoms with Gasteiger partial charge in [0.1, 0.15) is 0 Å². The highest BCUT2D eigenvalue weighted by molar-refractivity contribution is 6.31. The van der Waals surface area contributed by atoms with Gasteiger partial charge in [0.15, 0.2) is 0 Å². The van der Waals surface area contributed by atoms with Crippen molar-refractivity contribution < 1.29 is 4.74 Å². The van der Waals surface area contributed by atoms with E-state index in [2.05, 4.69) is 5.43 Å². The van der Waals surface area contributed by atoms with Gasteiger partial charge in [0.05, 0.1) is 11.6 Å². The number of methoxy groups -OCH3 is 1. The molecule has 0 spiro atoms. The molecular formula is C11H17ClN2O. The van der Waals surface area contributed by atoms with Gasteiger partial charge in [0.25, 0.3) is 0 Å². The van der Waals surface area contributed by atoms with Gasteiger partial charge >= 0.3 is 0 Å². The number of nitrogens with two attached hydrogens (primary N) is 1. The first-order chi connectivity index (χ1) is 7.03. The summed E-state index contributed by atoms with van der Waals surface area (Å²) in [6.07, 6.45) is 0. The Morgan fingerprint density at radius 1 is 1.40 bits per heavy atom. The summed E-state index contributed by atoms with van der Waals surface area (Å²) in [6.45, 7) is 3.92. The predicted molar refractivity (Wildman–Crippen MR) is 62.6 cm³/mol. The Kier molecular flexibility index (Phi) is 4.11. The van der Waals surface area contributed by atoms with Gasteiger partial charge in [-0.3, -0.25) is 11.3 Å². The van der Waals surface area contributed by atoms with Crippen LogP contribution in [0.2, 0.25) is 5.02 Å². The number of nitrogens with one attached hydrogen (secondary N) is 1. The Labute approximate surface area is 95.5 Å². The summed E-state index contributed by atoms with van der Waals surface area (Å²) < 4.78 is 5.40. The fourth-order valence-corrected chi connectivity index (χ4v) is 1.74. The Hall–Kier alpha value is -0.610. The first kappa shape index (κ1) is 12.5. The summed E-state index contributed by atoms with van der Waals surface area (Å²) in [7, 11) is 1.65. The second-order valence-electron chi connectivity index (χ2n) is 3.93. The lowest BCUT2D eigenvalue weighted by molar-refractivity contribution is -0.0111. The van der Waals surface area contributed by atoms with E-state index in [1.165, 1.54) is 0 Å². The molecule has 15 heavy (non-hydrogen) atoms. The van der Waals surface area contributed by atoms with Gasteiger partial charge in [-0.25, -0.2) is 0 Å². The molecular weight excluding hydrogens is 212 g/mol. The van der Waals surface area contributed by atoms with Crippen molar-refractivity contribution in [1.82, 2.24) is 5.43 Å². The van der Waals surface area contributed by atoms with Gasteiger partial charge < -0.3 is 4.74 Å². The van der Waals surface area contributed by atoms with Crippen LogP contribution >= 0.6 is 11.6 Å². The van der Waals surface area contributed by atoms with Gasteiger partial charge in [-0.15, -0.1) is 0 Å². The number of hydrazine groups is 1. The Morgan fingerprint density at radius 2 is 2.00 bits per heavy atom. The normalized spacial score (nSPS) is 13.9. The van der Waals surface area contributed by atoms with Crippen molar-refractivity contribution in [2.24, 2.45) is 5.84 Å². The highest BCUT2D eigenvalue weighted by Crippen LogP contribution is 2.31. The first-order valence-corrected chi connectivity index (χ1v) is 5.16. The molecule has 1 atom stereocenters. The SMILES string of the molecule is COC(C)(C)C(NN)c1ccccc1Cl. The molecule has 0 aliphatic heterocycles. The molecule has 84 valence electrons. The summed E-state index contributed by atoms with van der Waals surface area (Å²) in [6, 6.07) is 7.45. The van der Waals surface area contributed by atoms with E-state index in [9.17, 15) is 0 Å². The molecule has 1 aromatic carbocycles. The van der Waals surface area contributed by atoms with E-state index < -0.39 is 5.60 Å². The minimum atomic E-state index is -0.417. The van der Waals surface area contributed by atoms with Crippen LogP contribution in [0.1, 0.15) is 25.5 Å². The smallest absolute Gasteiger partial charge is 0.0830 e. The third-order valence-electron chi connectivity index (χ3n) is 2.60. The third-order valence-corrected chi connectivity index (χ3v) is 2.95. The Bertz CT molecular complexity index is 328. The van der Waals surface area contributed by atoms with Crippen molar-refractivity contribution in [2.45, 2.75) is 25.5 Å². The molecule has 0 amide bonds. The maximum Gasteiger partial charge on any atom is 0.0830 e. The molecule has 0 fully saturated rings. The summed E-state index contributed by atoms with van der Waals surface area (Å²) >= 11 is 6.11. The molecule has 3 nitrogen and oxygen atoms in total. The summed E-state index contributed by atoms with van der Waals surface area (Å²) in [5.41, 5.74) is 3.26. The fourth-order valence-electron chi connectivity index (χ4n) is 1.49. The number of halogens is 1. The van der Waals surface area contributed by atoms with Crippen LogP contribution in [0.25, 0.3) is 0 Å². The number of hydrogen-bond acceptors (Lipinski definition) is 3. The Balaban J connectivity index is 3.08. The van der Waals surface area contributed by atoms with Crippen molar-refractivity contribution >= 4 is 11.6 Å². The van der Waals surface area contributed by atoms with Crippen LogP contribution in [0.4, 0.5) is 0 Å². The number of benzene rings is 1. The zero-order valence-corrected chi connectivity index (χ0v) is 10.0. The minimum Gasteiger partial charge on any atom is -0.377 e. The molecule has 3 N–H and O–H groups in total. The molecule has 0 aliphatic carbocycles. The molecule has 1 unspecified atom stereocenters. The molecule has 1 rings (SSSR count). The second-order valence-corrected chi connectivity index (χ2v) is 4.34. The lowest BCUT2D eigenvalue weighted by Crippen LogP contribution is -2.44. The maximum atomic E-state index is 6.11. The molecule has 0 bridgehead atoms. The van der Waals surface area contributed by atoms with E-state index in [0.717, 1.165) is 5.56 Å². The third kappa shape index (κ3) is 2.69. The van der Waals surface area contributed by atoms with Crippen LogP contribution in [0.5, 0.6) is 0 Å². The largest absolute Gasteiger partial charge is 0.377 e. The molecule has 1 aromatic rings. The van der Waals surface area contributed by atoms with Crippen molar-refractivity contribution in [3.8, 4) is 0 Å².